The van der Waals surface area contributed by atoms with Gasteiger partial charge in [-0.2, -0.15) is 0 Å². The normalized spacial score (nSPS) is 20.4. The van der Waals surface area contributed by atoms with Gasteiger partial charge in [-0.25, -0.2) is 0 Å². The molecule has 0 unspecified atom stereocenters. The van der Waals surface area contributed by atoms with Crippen molar-refractivity contribution in [1.29, 1.82) is 0 Å². The van der Waals surface area contributed by atoms with E-state index in [-0.39, 0.29) is 37.4 Å². The molecule has 0 aromatic heterocycles. The van der Waals surface area contributed by atoms with Crippen molar-refractivity contribution in [2.45, 2.75) is 44.7 Å². The summed E-state index contributed by atoms with van der Waals surface area (Å²) in [5.74, 6) is -1.42. The topological polar surface area (TPSA) is 75.7 Å². The Labute approximate surface area is 157 Å². The Bertz CT molecular complexity index is 688. The van der Waals surface area contributed by atoms with Crippen molar-refractivity contribution in [3.63, 3.8) is 0 Å². The van der Waals surface area contributed by atoms with Crippen LogP contribution in [0, 0.1) is 5.92 Å². The molecule has 0 spiro atoms. The molecule has 1 aromatic rings. The largest absolute Gasteiger partial charge is 0.455 e. The molecular weight excluding hydrogens is 356 g/mol. The zero-order valence-electron chi connectivity index (χ0n) is 14.6. The molecule has 2 amide bonds. The maximum atomic E-state index is 12.2. The van der Waals surface area contributed by atoms with Crippen LogP contribution < -0.4 is 5.32 Å². The molecule has 26 heavy (non-hydrogen) atoms. The van der Waals surface area contributed by atoms with Gasteiger partial charge in [0.05, 0.1) is 5.92 Å². The van der Waals surface area contributed by atoms with E-state index in [1.807, 2.05) is 18.2 Å². The van der Waals surface area contributed by atoms with Crippen molar-refractivity contribution in [3.8, 4) is 0 Å². The second kappa shape index (κ2) is 8.54. The van der Waals surface area contributed by atoms with E-state index in [0.717, 1.165) is 31.2 Å². The number of hydrogen-bond donors (Lipinski definition) is 1. The van der Waals surface area contributed by atoms with Gasteiger partial charge < -0.3 is 15.0 Å². The first-order chi connectivity index (χ1) is 12.5. The lowest BCUT2D eigenvalue weighted by Crippen LogP contribution is -2.36. The summed E-state index contributed by atoms with van der Waals surface area (Å²) in [6.45, 7) is 0.363. The fourth-order valence-corrected chi connectivity index (χ4v) is 3.70. The van der Waals surface area contributed by atoms with E-state index in [2.05, 4.69) is 5.32 Å². The molecule has 0 radical (unpaired) electrons. The third-order valence-corrected chi connectivity index (χ3v) is 5.30. The number of carbonyl (C=O) groups is 3. The lowest BCUT2D eigenvalue weighted by molar-refractivity contribution is -0.152. The smallest absolute Gasteiger partial charge is 0.311 e. The summed E-state index contributed by atoms with van der Waals surface area (Å²) in [5.41, 5.74) is 0.840. The van der Waals surface area contributed by atoms with Crippen LogP contribution in [0.15, 0.2) is 24.3 Å². The van der Waals surface area contributed by atoms with Crippen LogP contribution in [-0.2, 0) is 25.7 Å². The Kier molecular flexibility index (Phi) is 6.14. The highest BCUT2D eigenvalue weighted by Crippen LogP contribution is 2.24. The van der Waals surface area contributed by atoms with Crippen molar-refractivity contribution in [2.24, 2.45) is 5.92 Å². The van der Waals surface area contributed by atoms with Gasteiger partial charge in [-0.1, -0.05) is 42.6 Å². The Morgan fingerprint density at radius 3 is 2.69 bits per heavy atom. The Morgan fingerprint density at radius 1 is 1.23 bits per heavy atom. The number of nitrogens with one attached hydrogen (secondary N) is 1. The molecular formula is C19H23ClN2O4. The van der Waals surface area contributed by atoms with Crippen LogP contribution in [0.3, 0.4) is 0 Å². The number of amides is 2. The summed E-state index contributed by atoms with van der Waals surface area (Å²) in [4.78, 5) is 37.8. The van der Waals surface area contributed by atoms with Crippen molar-refractivity contribution in [1.82, 2.24) is 10.2 Å². The van der Waals surface area contributed by atoms with Crippen LogP contribution in [0.25, 0.3) is 0 Å². The van der Waals surface area contributed by atoms with E-state index in [0.29, 0.717) is 11.6 Å². The van der Waals surface area contributed by atoms with E-state index < -0.39 is 11.9 Å². The zero-order chi connectivity index (χ0) is 18.5. The third kappa shape index (κ3) is 4.75. The standard InChI is InChI=1S/C19H23ClN2O4/c20-16-8-4-1-5-13(16)10-22-11-14(9-18(22)24)19(25)26-12-17(23)21-15-6-2-3-7-15/h1,4-5,8,14-15H,2-3,6-7,9-12H2,(H,21,23)/t14-/m1/s1. The molecule has 1 aliphatic heterocycles. The number of esters is 1. The Morgan fingerprint density at radius 2 is 1.96 bits per heavy atom. The lowest BCUT2D eigenvalue weighted by atomic mass is 10.1. The Balaban J connectivity index is 1.46. The summed E-state index contributed by atoms with van der Waals surface area (Å²) < 4.78 is 5.11. The Hall–Kier alpha value is -2.08. The van der Waals surface area contributed by atoms with Crippen molar-refractivity contribution in [2.75, 3.05) is 13.2 Å². The number of rotatable bonds is 6. The van der Waals surface area contributed by atoms with Crippen LogP contribution in [0.1, 0.15) is 37.7 Å². The second-order valence-corrected chi connectivity index (χ2v) is 7.33. The minimum Gasteiger partial charge on any atom is -0.455 e. The third-order valence-electron chi connectivity index (χ3n) is 4.93. The highest BCUT2D eigenvalue weighted by Gasteiger charge is 2.35. The number of benzene rings is 1. The average molecular weight is 379 g/mol. The van der Waals surface area contributed by atoms with E-state index in [1.165, 1.54) is 0 Å². The molecule has 1 aromatic carbocycles. The molecule has 2 fully saturated rings. The van der Waals surface area contributed by atoms with E-state index >= 15 is 0 Å². The number of carbonyl (C=O) groups excluding carboxylic acids is 3. The first-order valence-corrected chi connectivity index (χ1v) is 9.38. The number of hydrogen-bond acceptors (Lipinski definition) is 4. The number of halogens is 1. The lowest BCUT2D eigenvalue weighted by Gasteiger charge is -2.17. The highest BCUT2D eigenvalue weighted by atomic mass is 35.5. The molecule has 3 rings (SSSR count). The monoisotopic (exact) mass is 378 g/mol. The predicted molar refractivity (Wildman–Crippen MR) is 96.3 cm³/mol. The van der Waals surface area contributed by atoms with Crippen LogP contribution in [0.2, 0.25) is 5.02 Å². The van der Waals surface area contributed by atoms with Crippen LogP contribution in [0.4, 0.5) is 0 Å². The van der Waals surface area contributed by atoms with Gasteiger partial charge in [-0.3, -0.25) is 14.4 Å². The molecule has 1 atom stereocenters. The number of likely N-dealkylation sites (tertiary alicyclic amines) is 1. The van der Waals surface area contributed by atoms with Crippen molar-refractivity contribution in [3.05, 3.63) is 34.9 Å². The number of ether oxygens (including phenoxy) is 1. The molecule has 1 saturated carbocycles. The van der Waals surface area contributed by atoms with Crippen molar-refractivity contribution < 1.29 is 19.1 Å². The fraction of sp³-hybridized carbons (Fsp3) is 0.526. The molecule has 1 N–H and O–H groups in total. The molecule has 140 valence electrons. The SMILES string of the molecule is O=C(COC(=O)[C@@H]1CC(=O)N(Cc2ccccc2Cl)C1)NC1CCCC1. The van der Waals surface area contributed by atoms with Crippen LogP contribution >= 0.6 is 11.6 Å². The maximum absolute atomic E-state index is 12.2. The number of nitrogens with zero attached hydrogens (tertiary/aromatic N) is 1. The molecule has 1 saturated heterocycles. The molecule has 0 bridgehead atoms. The first kappa shape index (κ1) is 18.7. The minimum atomic E-state index is -0.538. The molecule has 2 aliphatic rings. The predicted octanol–water partition coefficient (Wildman–Crippen LogP) is 2.29. The minimum absolute atomic E-state index is 0.105. The van der Waals surface area contributed by atoms with E-state index in [1.54, 1.807) is 11.0 Å². The molecule has 7 heteroatoms. The van der Waals surface area contributed by atoms with Gasteiger partial charge in [0.15, 0.2) is 6.61 Å². The quantitative estimate of drug-likeness (QED) is 0.770. The van der Waals surface area contributed by atoms with Gasteiger partial charge in [0.1, 0.15) is 0 Å². The van der Waals surface area contributed by atoms with Gasteiger partial charge in [-0.15, -0.1) is 0 Å². The van der Waals surface area contributed by atoms with E-state index in [9.17, 15) is 14.4 Å². The first-order valence-electron chi connectivity index (χ1n) is 9.00. The molecule has 6 nitrogen and oxygen atoms in total. The van der Waals surface area contributed by atoms with Gasteiger partial charge in [0, 0.05) is 30.6 Å². The highest BCUT2D eigenvalue weighted by molar-refractivity contribution is 6.31. The van der Waals surface area contributed by atoms with Crippen LogP contribution in [-0.4, -0.2) is 41.9 Å². The van der Waals surface area contributed by atoms with Gasteiger partial charge >= 0.3 is 5.97 Å². The molecule has 1 aliphatic carbocycles. The summed E-state index contributed by atoms with van der Waals surface area (Å²) in [6.07, 6.45) is 4.31. The maximum Gasteiger partial charge on any atom is 0.311 e. The summed E-state index contributed by atoms with van der Waals surface area (Å²) in [7, 11) is 0. The fourth-order valence-electron chi connectivity index (χ4n) is 3.51. The van der Waals surface area contributed by atoms with Gasteiger partial charge in [0.25, 0.3) is 5.91 Å². The summed E-state index contributed by atoms with van der Waals surface area (Å²) in [6, 6.07) is 7.51. The molecule has 1 heterocycles. The second-order valence-electron chi connectivity index (χ2n) is 6.92. The summed E-state index contributed by atoms with van der Waals surface area (Å²) in [5, 5.41) is 3.47. The van der Waals surface area contributed by atoms with E-state index in [4.69, 9.17) is 16.3 Å². The average Bonchev–Trinajstić information content (AvgIpc) is 3.25. The van der Waals surface area contributed by atoms with Crippen LogP contribution in [0.5, 0.6) is 0 Å². The van der Waals surface area contributed by atoms with Gasteiger partial charge in [0.2, 0.25) is 5.91 Å². The van der Waals surface area contributed by atoms with Gasteiger partial charge in [-0.05, 0) is 24.5 Å². The van der Waals surface area contributed by atoms with Crippen molar-refractivity contribution >= 4 is 29.4 Å². The summed E-state index contributed by atoms with van der Waals surface area (Å²) >= 11 is 6.13. The zero-order valence-corrected chi connectivity index (χ0v) is 15.3.